The smallest absolute Gasteiger partial charge is 0.317 e. The molecule has 3 aromatic heterocycles. The number of anilines is 1. The Morgan fingerprint density at radius 3 is 2.97 bits per heavy atom. The van der Waals surface area contributed by atoms with Crippen molar-refractivity contribution >= 4 is 11.8 Å². The number of amides is 2. The molecule has 1 unspecified atom stereocenters. The molecule has 5 rings (SSSR count). The van der Waals surface area contributed by atoms with E-state index in [1.807, 2.05) is 16.8 Å². The number of fused-ring (bicyclic) bond motifs is 2. The van der Waals surface area contributed by atoms with Crippen LogP contribution in [0.1, 0.15) is 36.2 Å². The molecule has 2 aliphatic rings. The molecule has 11 heteroatoms. The van der Waals surface area contributed by atoms with Crippen LogP contribution in [0.2, 0.25) is 0 Å². The second kappa shape index (κ2) is 8.39. The van der Waals surface area contributed by atoms with Crippen LogP contribution in [-0.4, -0.2) is 50.4 Å². The van der Waals surface area contributed by atoms with Crippen molar-refractivity contribution in [2.45, 2.75) is 31.5 Å². The number of nitrogens with zero attached hydrogens (tertiary/aromatic N) is 6. The molecule has 174 valence electrons. The minimum atomic E-state index is -0.677. The van der Waals surface area contributed by atoms with Crippen LogP contribution in [0.4, 0.5) is 15.0 Å². The lowest BCUT2D eigenvalue weighted by Gasteiger charge is -2.34. The number of nitrogens with one attached hydrogen (secondary N) is 1. The maximum atomic E-state index is 13.5. The molecule has 3 aromatic rings. The van der Waals surface area contributed by atoms with Crippen molar-refractivity contribution < 1.29 is 13.9 Å². The number of nitriles is 1. The second-order valence-corrected chi connectivity index (χ2v) is 8.53. The van der Waals surface area contributed by atoms with Gasteiger partial charge in [0.05, 0.1) is 48.9 Å². The number of carbonyl (C=O) groups is 1. The zero-order chi connectivity index (χ0) is 23.9. The fraction of sp³-hybridized carbons (Fsp3) is 0.348. The summed E-state index contributed by atoms with van der Waals surface area (Å²) >= 11 is 0. The average molecular weight is 462 g/mol. The normalized spacial score (nSPS) is 20.1. The molecule has 5 heterocycles. The third-order valence-electron chi connectivity index (χ3n) is 6.35. The highest BCUT2D eigenvalue weighted by Gasteiger charge is 2.47. The van der Waals surface area contributed by atoms with E-state index in [9.17, 15) is 14.4 Å². The Hall–Kier alpha value is -4.04. The second-order valence-electron chi connectivity index (χ2n) is 8.53. The van der Waals surface area contributed by atoms with Gasteiger partial charge < -0.3 is 20.7 Å². The summed E-state index contributed by atoms with van der Waals surface area (Å²) in [6, 6.07) is 6.34. The van der Waals surface area contributed by atoms with Crippen LogP contribution < -0.4 is 11.1 Å². The van der Waals surface area contributed by atoms with Crippen LogP contribution in [0.15, 0.2) is 36.8 Å². The molecule has 34 heavy (non-hydrogen) atoms. The molecule has 1 fully saturated rings. The summed E-state index contributed by atoms with van der Waals surface area (Å²) in [6.45, 7) is 3.71. The number of carbonyl (C=O) groups excluding carboxylic acids is 1. The summed E-state index contributed by atoms with van der Waals surface area (Å²) in [5, 5.41) is 16.9. The number of halogens is 1. The lowest BCUT2D eigenvalue weighted by atomic mass is 9.96. The molecule has 3 N–H and O–H groups in total. The number of hydrogen-bond donors (Lipinski definition) is 2. The molecule has 10 nitrogen and oxygen atoms in total. The molecule has 1 spiro atoms. The van der Waals surface area contributed by atoms with E-state index in [1.165, 1.54) is 12.3 Å². The van der Waals surface area contributed by atoms with Gasteiger partial charge >= 0.3 is 6.03 Å². The molecule has 1 saturated heterocycles. The third-order valence-corrected chi connectivity index (χ3v) is 6.35. The first-order valence-corrected chi connectivity index (χ1v) is 10.9. The van der Waals surface area contributed by atoms with Crippen molar-refractivity contribution in [3.8, 4) is 17.3 Å². The van der Waals surface area contributed by atoms with E-state index in [-0.39, 0.29) is 11.8 Å². The third kappa shape index (κ3) is 3.82. The lowest BCUT2D eigenvalue weighted by Crippen LogP contribution is -2.44. The zero-order valence-corrected chi connectivity index (χ0v) is 18.5. The van der Waals surface area contributed by atoms with Crippen molar-refractivity contribution in [1.82, 2.24) is 30.0 Å². The SMILES string of the molecule is C[C@@H](NC(=O)N1CCC2(C1)OCCn1nc(-c3cnc(N)c(C#N)c3)cc12)c1cncc(F)c1. The standard InChI is InChI=1S/C23H23FN8O2/c1-14(16-7-18(24)12-27-10-16)29-22(33)31-3-2-23(13-31)20-8-19(30-32(20)4-5-34-23)17-6-15(9-25)21(26)28-11-17/h6-8,10-12,14H,2-5,13H2,1H3,(H2,26,28)(H,29,33)/t14-,23?/m1/s1. The molecule has 0 radical (unpaired) electrons. The summed E-state index contributed by atoms with van der Waals surface area (Å²) in [7, 11) is 0. The van der Waals surface area contributed by atoms with Crippen LogP contribution in [0.25, 0.3) is 11.3 Å². The van der Waals surface area contributed by atoms with E-state index in [0.29, 0.717) is 55.0 Å². The Kier molecular flexibility index (Phi) is 5.37. The van der Waals surface area contributed by atoms with Gasteiger partial charge in [-0.05, 0) is 30.7 Å². The molecule has 0 aromatic carbocycles. The van der Waals surface area contributed by atoms with Crippen LogP contribution in [0.3, 0.4) is 0 Å². The Bertz CT molecular complexity index is 1300. The van der Waals surface area contributed by atoms with E-state index >= 15 is 0 Å². The first-order valence-electron chi connectivity index (χ1n) is 10.9. The Morgan fingerprint density at radius 2 is 2.18 bits per heavy atom. The van der Waals surface area contributed by atoms with Crippen LogP contribution in [-0.2, 0) is 16.9 Å². The summed E-state index contributed by atoms with van der Waals surface area (Å²) in [4.78, 5) is 22.6. The van der Waals surface area contributed by atoms with Gasteiger partial charge in [-0.15, -0.1) is 0 Å². The fourth-order valence-electron chi connectivity index (χ4n) is 4.51. The first-order chi connectivity index (χ1) is 16.4. The Morgan fingerprint density at radius 1 is 1.32 bits per heavy atom. The maximum Gasteiger partial charge on any atom is 0.317 e. The number of aromatic nitrogens is 4. The number of nitrogens with two attached hydrogens (primary N) is 1. The van der Waals surface area contributed by atoms with Gasteiger partial charge in [-0.3, -0.25) is 9.67 Å². The number of pyridine rings is 2. The number of nitrogen functional groups attached to an aromatic ring is 1. The minimum absolute atomic E-state index is 0.177. The van der Waals surface area contributed by atoms with Crippen molar-refractivity contribution in [2.75, 3.05) is 25.4 Å². The molecule has 0 aliphatic carbocycles. The number of urea groups is 1. The largest absolute Gasteiger partial charge is 0.383 e. The van der Waals surface area contributed by atoms with Gasteiger partial charge in [-0.1, -0.05) is 0 Å². The van der Waals surface area contributed by atoms with Crippen molar-refractivity contribution in [1.29, 1.82) is 5.26 Å². The highest BCUT2D eigenvalue weighted by Crippen LogP contribution is 2.40. The lowest BCUT2D eigenvalue weighted by molar-refractivity contribution is -0.0701. The highest BCUT2D eigenvalue weighted by atomic mass is 19.1. The fourth-order valence-corrected chi connectivity index (χ4v) is 4.51. The van der Waals surface area contributed by atoms with E-state index in [2.05, 4.69) is 15.3 Å². The molecular formula is C23H23FN8O2. The molecule has 0 bridgehead atoms. The minimum Gasteiger partial charge on any atom is -0.383 e. The summed E-state index contributed by atoms with van der Waals surface area (Å²) in [5.74, 6) is -0.271. The van der Waals surface area contributed by atoms with E-state index in [1.54, 1.807) is 24.1 Å². The van der Waals surface area contributed by atoms with Gasteiger partial charge in [-0.25, -0.2) is 14.2 Å². The van der Waals surface area contributed by atoms with Gasteiger partial charge in [0, 0.05) is 30.9 Å². The Balaban J connectivity index is 1.35. The van der Waals surface area contributed by atoms with E-state index in [4.69, 9.17) is 15.6 Å². The predicted molar refractivity (Wildman–Crippen MR) is 120 cm³/mol. The van der Waals surface area contributed by atoms with Crippen LogP contribution in [0, 0.1) is 17.1 Å². The molecular weight excluding hydrogens is 439 g/mol. The van der Waals surface area contributed by atoms with Gasteiger partial charge in [0.1, 0.15) is 23.3 Å². The van der Waals surface area contributed by atoms with E-state index in [0.717, 1.165) is 11.9 Å². The molecule has 2 aliphatic heterocycles. The summed E-state index contributed by atoms with van der Waals surface area (Å²) < 4.78 is 21.6. The monoisotopic (exact) mass is 462 g/mol. The first kappa shape index (κ1) is 21.8. The topological polar surface area (TPSA) is 135 Å². The van der Waals surface area contributed by atoms with Gasteiger partial charge in [-0.2, -0.15) is 10.4 Å². The Labute approximate surface area is 195 Å². The van der Waals surface area contributed by atoms with Crippen molar-refractivity contribution in [3.63, 3.8) is 0 Å². The molecule has 0 saturated carbocycles. The number of ether oxygens (including phenoxy) is 1. The number of rotatable bonds is 3. The van der Waals surface area contributed by atoms with Crippen LogP contribution in [0.5, 0.6) is 0 Å². The highest BCUT2D eigenvalue weighted by molar-refractivity contribution is 5.75. The van der Waals surface area contributed by atoms with E-state index < -0.39 is 17.5 Å². The van der Waals surface area contributed by atoms with Gasteiger partial charge in [0.2, 0.25) is 0 Å². The average Bonchev–Trinajstić information content (AvgIpc) is 3.46. The number of hydrogen-bond acceptors (Lipinski definition) is 7. The van der Waals surface area contributed by atoms with Crippen molar-refractivity contribution in [3.05, 3.63) is 59.4 Å². The predicted octanol–water partition coefficient (Wildman–Crippen LogP) is 2.34. The van der Waals surface area contributed by atoms with Crippen molar-refractivity contribution in [2.24, 2.45) is 0 Å². The summed E-state index contributed by atoms with van der Waals surface area (Å²) in [5.41, 5.74) is 8.18. The molecule has 2 amide bonds. The van der Waals surface area contributed by atoms with Gasteiger partial charge in [0.15, 0.2) is 0 Å². The van der Waals surface area contributed by atoms with Gasteiger partial charge in [0.25, 0.3) is 0 Å². The quantitative estimate of drug-likeness (QED) is 0.610. The van der Waals surface area contributed by atoms with Crippen LogP contribution >= 0.6 is 0 Å². The maximum absolute atomic E-state index is 13.5. The molecule has 2 atom stereocenters. The summed E-state index contributed by atoms with van der Waals surface area (Å²) in [6.07, 6.45) is 4.87. The zero-order valence-electron chi connectivity index (χ0n) is 18.5. The number of likely N-dealkylation sites (tertiary alicyclic amines) is 1.